The lowest BCUT2D eigenvalue weighted by molar-refractivity contribution is -0.326. The number of aliphatic hydroxyl groups excluding tert-OH is 2. The number of carbonyl (C=O) groups is 4. The molecule has 0 aromatic heterocycles. The van der Waals surface area contributed by atoms with Crippen LogP contribution in [0.2, 0.25) is 0 Å². The maximum Gasteiger partial charge on any atom is 0.191 e. The number of ether oxygens (including phenoxy) is 1. The average Bonchev–Trinajstić information content (AvgIpc) is 2.46. The van der Waals surface area contributed by atoms with Gasteiger partial charge in [0.15, 0.2) is 46.2 Å². The Morgan fingerprint density at radius 1 is 1.00 bits per heavy atom. The summed E-state index contributed by atoms with van der Waals surface area (Å²) in [6.07, 6.45) is -6.80. The van der Waals surface area contributed by atoms with Gasteiger partial charge in [0.2, 0.25) is 0 Å². The molecule has 0 aliphatic carbocycles. The average molecular weight is 347 g/mol. The predicted molar refractivity (Wildman–Crippen MR) is 76.4 cm³/mol. The zero-order valence-corrected chi connectivity index (χ0v) is 13.6. The largest absolute Gasteiger partial charge is 0.382 e. The van der Waals surface area contributed by atoms with Crippen molar-refractivity contribution in [2.75, 3.05) is 0 Å². The van der Waals surface area contributed by atoms with Crippen LogP contribution in [0.5, 0.6) is 0 Å². The van der Waals surface area contributed by atoms with Gasteiger partial charge in [0.05, 0.1) is 0 Å². The van der Waals surface area contributed by atoms with E-state index in [4.69, 9.17) is 10.5 Å². The first kappa shape index (κ1) is 20.5. The van der Waals surface area contributed by atoms with Crippen molar-refractivity contribution in [3.63, 3.8) is 0 Å². The Hall–Kier alpha value is -1.56. The highest BCUT2D eigenvalue weighted by atomic mass is 16.6. The van der Waals surface area contributed by atoms with E-state index >= 15 is 0 Å². The number of Topliss-reactive ketones (excluding diaryl/α,β-unsaturated/α-hetero) is 4. The van der Waals surface area contributed by atoms with E-state index in [-0.39, 0.29) is 0 Å². The van der Waals surface area contributed by atoms with Gasteiger partial charge in [0, 0.05) is 0 Å². The summed E-state index contributed by atoms with van der Waals surface area (Å²) in [4.78, 5) is 47.6. The molecule has 10 heteroatoms. The van der Waals surface area contributed by atoms with Crippen LogP contribution in [0.3, 0.4) is 0 Å². The monoisotopic (exact) mass is 347 g/mol. The van der Waals surface area contributed by atoms with Gasteiger partial charge in [-0.2, -0.15) is 0 Å². The SMILES string of the molecule is CC(=O)C(O)[C@H]1O[C@H](O)[C@@](N)(C(C)=O)[C@](O)(C(C)=O)[C@@]1(O)C(C)=O. The molecule has 1 rings (SSSR count). The zero-order valence-electron chi connectivity index (χ0n) is 13.6. The van der Waals surface area contributed by atoms with Crippen molar-refractivity contribution in [3.05, 3.63) is 0 Å². The van der Waals surface area contributed by atoms with Crippen molar-refractivity contribution in [3.8, 4) is 0 Å². The second-order valence-corrected chi connectivity index (χ2v) is 5.98. The van der Waals surface area contributed by atoms with Crippen LogP contribution >= 0.6 is 0 Å². The Morgan fingerprint density at radius 2 is 1.46 bits per heavy atom. The lowest BCUT2D eigenvalue weighted by Crippen LogP contribution is -2.89. The summed E-state index contributed by atoms with van der Waals surface area (Å²) in [7, 11) is 0. The van der Waals surface area contributed by atoms with E-state index in [1.165, 1.54) is 0 Å². The molecule has 0 spiro atoms. The van der Waals surface area contributed by atoms with Crippen molar-refractivity contribution in [1.82, 2.24) is 0 Å². The smallest absolute Gasteiger partial charge is 0.191 e. The molecule has 1 heterocycles. The van der Waals surface area contributed by atoms with Gasteiger partial charge < -0.3 is 30.9 Å². The lowest BCUT2D eigenvalue weighted by Gasteiger charge is -2.57. The molecule has 1 unspecified atom stereocenters. The van der Waals surface area contributed by atoms with Crippen LogP contribution < -0.4 is 5.73 Å². The van der Waals surface area contributed by atoms with E-state index in [1.807, 2.05) is 0 Å². The van der Waals surface area contributed by atoms with Gasteiger partial charge in [-0.05, 0) is 27.7 Å². The fourth-order valence-corrected chi connectivity index (χ4v) is 3.00. The first-order valence-electron chi connectivity index (χ1n) is 6.99. The van der Waals surface area contributed by atoms with Crippen molar-refractivity contribution in [2.45, 2.75) is 62.9 Å². The maximum atomic E-state index is 12.1. The molecule has 6 atom stereocenters. The Kier molecular flexibility index (Phi) is 5.17. The van der Waals surface area contributed by atoms with E-state index in [1.54, 1.807) is 0 Å². The quantitative estimate of drug-likeness (QED) is 0.335. The van der Waals surface area contributed by atoms with Crippen LogP contribution in [0.15, 0.2) is 0 Å². The van der Waals surface area contributed by atoms with Crippen molar-refractivity contribution >= 4 is 23.1 Å². The predicted octanol–water partition coefficient (Wildman–Crippen LogP) is -3.42. The van der Waals surface area contributed by atoms with Crippen molar-refractivity contribution in [2.24, 2.45) is 5.73 Å². The second-order valence-electron chi connectivity index (χ2n) is 5.98. The molecule has 1 fully saturated rings. The number of ketones is 4. The molecular formula is C14H21NO9. The molecule has 0 bridgehead atoms. The third kappa shape index (κ3) is 2.26. The van der Waals surface area contributed by atoms with Gasteiger partial charge in [-0.3, -0.25) is 19.2 Å². The van der Waals surface area contributed by atoms with E-state index in [0.29, 0.717) is 0 Å². The molecule has 0 saturated carbocycles. The second kappa shape index (κ2) is 6.06. The van der Waals surface area contributed by atoms with Crippen molar-refractivity contribution in [1.29, 1.82) is 0 Å². The normalized spacial score (nSPS) is 40.7. The molecule has 0 aromatic rings. The van der Waals surface area contributed by atoms with Crippen LogP contribution in [0.4, 0.5) is 0 Å². The van der Waals surface area contributed by atoms with E-state index in [0.717, 1.165) is 27.7 Å². The van der Waals surface area contributed by atoms with Crippen LogP contribution in [0, 0.1) is 0 Å². The fourth-order valence-electron chi connectivity index (χ4n) is 3.00. The summed E-state index contributed by atoms with van der Waals surface area (Å²) in [6.45, 7) is 3.18. The summed E-state index contributed by atoms with van der Waals surface area (Å²) in [5.41, 5.74) is -3.82. The van der Waals surface area contributed by atoms with E-state index < -0.39 is 58.4 Å². The molecule has 0 amide bonds. The standard InChI is InChI=1S/C14H21NO9/c1-5(16)9(20)10-13(22,7(3)18)14(23,8(4)19)12(15,6(2)17)11(21)24-10/h9-11,20-23H,15H2,1-4H3/t9?,10-,11+,12+,13-,14-/m1/s1. The molecule has 6 N–H and O–H groups in total. The number of carbonyl (C=O) groups excluding carboxylic acids is 4. The first-order valence-corrected chi connectivity index (χ1v) is 6.99. The molecule has 1 aliphatic rings. The topological polar surface area (TPSA) is 184 Å². The van der Waals surface area contributed by atoms with Crippen LogP contribution in [0.1, 0.15) is 27.7 Å². The van der Waals surface area contributed by atoms with Gasteiger partial charge in [0.1, 0.15) is 12.2 Å². The molecule has 0 radical (unpaired) electrons. The minimum atomic E-state index is -3.35. The lowest BCUT2D eigenvalue weighted by atomic mass is 9.59. The zero-order chi connectivity index (χ0) is 19.2. The van der Waals surface area contributed by atoms with E-state index in [9.17, 15) is 39.6 Å². The Bertz CT molecular complexity index is 605. The molecular weight excluding hydrogens is 326 g/mol. The Balaban J connectivity index is 3.86. The minimum absolute atomic E-state index is 0.730. The number of nitrogens with two attached hydrogens (primary N) is 1. The highest BCUT2D eigenvalue weighted by Gasteiger charge is 2.78. The summed E-state index contributed by atoms with van der Waals surface area (Å²) >= 11 is 0. The summed E-state index contributed by atoms with van der Waals surface area (Å²) in [6, 6.07) is 0. The first-order chi connectivity index (χ1) is 10.7. The third-order valence-corrected chi connectivity index (χ3v) is 4.56. The summed E-state index contributed by atoms with van der Waals surface area (Å²) < 4.78 is 4.86. The highest BCUT2D eigenvalue weighted by Crippen LogP contribution is 2.45. The number of hydrogen-bond acceptors (Lipinski definition) is 10. The molecule has 1 saturated heterocycles. The van der Waals surface area contributed by atoms with E-state index in [2.05, 4.69) is 0 Å². The third-order valence-electron chi connectivity index (χ3n) is 4.56. The Morgan fingerprint density at radius 3 is 1.75 bits per heavy atom. The molecule has 136 valence electrons. The molecule has 0 aromatic carbocycles. The van der Waals surface area contributed by atoms with Crippen LogP contribution in [0.25, 0.3) is 0 Å². The van der Waals surface area contributed by atoms with Gasteiger partial charge >= 0.3 is 0 Å². The number of hydrogen-bond donors (Lipinski definition) is 5. The molecule has 1 aliphatic heterocycles. The summed E-state index contributed by atoms with van der Waals surface area (Å²) in [5.74, 6) is -4.78. The highest BCUT2D eigenvalue weighted by molar-refractivity contribution is 6.06. The number of aliphatic hydroxyl groups is 4. The minimum Gasteiger partial charge on any atom is -0.382 e. The molecule has 10 nitrogen and oxygen atoms in total. The van der Waals surface area contributed by atoms with Crippen molar-refractivity contribution < 1.29 is 44.3 Å². The number of rotatable bonds is 5. The molecule has 24 heavy (non-hydrogen) atoms. The van der Waals surface area contributed by atoms with Gasteiger partial charge in [0.25, 0.3) is 0 Å². The fraction of sp³-hybridized carbons (Fsp3) is 0.714. The van der Waals surface area contributed by atoms with Gasteiger partial charge in [-0.1, -0.05) is 0 Å². The maximum absolute atomic E-state index is 12.1. The summed E-state index contributed by atoms with van der Waals surface area (Å²) in [5, 5.41) is 41.7. The Labute approximate surface area is 137 Å². The van der Waals surface area contributed by atoms with Crippen LogP contribution in [-0.4, -0.2) is 78.8 Å². The van der Waals surface area contributed by atoms with Gasteiger partial charge in [-0.25, -0.2) is 0 Å². The van der Waals surface area contributed by atoms with Crippen LogP contribution in [-0.2, 0) is 23.9 Å². The van der Waals surface area contributed by atoms with Gasteiger partial charge in [-0.15, -0.1) is 0 Å².